The van der Waals surface area contributed by atoms with Crippen LogP contribution in [-0.2, 0) is 9.59 Å². The molecular formula is C19H24N4O2. The minimum atomic E-state index is -0.400. The maximum absolute atomic E-state index is 12.1. The van der Waals surface area contributed by atoms with E-state index in [2.05, 4.69) is 10.6 Å². The lowest BCUT2D eigenvalue weighted by Gasteiger charge is -2.15. The van der Waals surface area contributed by atoms with E-state index < -0.39 is 5.91 Å². The van der Waals surface area contributed by atoms with Gasteiger partial charge in [0.15, 0.2) is 0 Å². The number of benzene rings is 1. The Morgan fingerprint density at radius 3 is 2.80 bits per heavy atom. The second kappa shape index (κ2) is 9.48. The van der Waals surface area contributed by atoms with Gasteiger partial charge in [0, 0.05) is 38.3 Å². The van der Waals surface area contributed by atoms with Crippen molar-refractivity contribution in [2.75, 3.05) is 19.6 Å². The van der Waals surface area contributed by atoms with Crippen LogP contribution in [0.15, 0.2) is 42.1 Å². The zero-order chi connectivity index (χ0) is 18.1. The average Bonchev–Trinajstić information content (AvgIpc) is 3.04. The molecule has 1 fully saturated rings. The van der Waals surface area contributed by atoms with E-state index in [1.54, 1.807) is 0 Å². The predicted molar refractivity (Wildman–Crippen MR) is 95.1 cm³/mol. The molecule has 132 valence electrons. The monoisotopic (exact) mass is 340 g/mol. The van der Waals surface area contributed by atoms with Crippen LogP contribution in [0.3, 0.4) is 0 Å². The summed E-state index contributed by atoms with van der Waals surface area (Å²) >= 11 is 0. The molecule has 1 heterocycles. The van der Waals surface area contributed by atoms with Gasteiger partial charge in [0.25, 0.3) is 5.91 Å². The predicted octanol–water partition coefficient (Wildman–Crippen LogP) is 1.87. The summed E-state index contributed by atoms with van der Waals surface area (Å²) in [5.74, 6) is -0.217. The summed E-state index contributed by atoms with van der Waals surface area (Å²) in [5, 5.41) is 15.0. The lowest BCUT2D eigenvalue weighted by atomic mass is 10.1. The number of amides is 2. The summed E-state index contributed by atoms with van der Waals surface area (Å²) in [6, 6.07) is 11.7. The van der Waals surface area contributed by atoms with Gasteiger partial charge in [0.2, 0.25) is 5.91 Å². The van der Waals surface area contributed by atoms with Gasteiger partial charge in [-0.3, -0.25) is 9.59 Å². The fraction of sp³-hybridized carbons (Fsp3) is 0.421. The third-order valence-electron chi connectivity index (χ3n) is 4.20. The average molecular weight is 340 g/mol. The van der Waals surface area contributed by atoms with Crippen LogP contribution in [-0.4, -0.2) is 36.3 Å². The first-order chi connectivity index (χ1) is 12.1. The van der Waals surface area contributed by atoms with E-state index in [1.165, 1.54) is 6.20 Å². The number of hydrogen-bond acceptors (Lipinski definition) is 4. The maximum Gasteiger partial charge on any atom is 0.263 e. The SMILES string of the molecule is CC(N/C=C(/C#N)C(=O)NCCCN1CCCC1=O)c1ccccc1. The van der Waals surface area contributed by atoms with Crippen LogP contribution in [0.4, 0.5) is 0 Å². The second-order valence-corrected chi connectivity index (χ2v) is 6.06. The van der Waals surface area contributed by atoms with Gasteiger partial charge in [0.05, 0.1) is 0 Å². The Morgan fingerprint density at radius 1 is 1.40 bits per heavy atom. The van der Waals surface area contributed by atoms with Gasteiger partial charge < -0.3 is 15.5 Å². The van der Waals surface area contributed by atoms with Gasteiger partial charge in [-0.2, -0.15) is 5.26 Å². The lowest BCUT2D eigenvalue weighted by Crippen LogP contribution is -2.31. The first-order valence-corrected chi connectivity index (χ1v) is 8.59. The normalized spacial score (nSPS) is 15.6. The molecule has 25 heavy (non-hydrogen) atoms. The van der Waals surface area contributed by atoms with Gasteiger partial charge in [-0.1, -0.05) is 30.3 Å². The molecule has 1 saturated heterocycles. The Morgan fingerprint density at radius 2 is 2.16 bits per heavy atom. The zero-order valence-electron chi connectivity index (χ0n) is 14.5. The first-order valence-electron chi connectivity index (χ1n) is 8.59. The smallest absolute Gasteiger partial charge is 0.263 e. The third kappa shape index (κ3) is 5.64. The number of likely N-dealkylation sites (tertiary alicyclic amines) is 1. The van der Waals surface area contributed by atoms with Crippen LogP contribution in [0.1, 0.15) is 37.8 Å². The molecule has 0 saturated carbocycles. The van der Waals surface area contributed by atoms with Crippen molar-refractivity contribution < 1.29 is 9.59 Å². The minimum Gasteiger partial charge on any atom is -0.383 e. The van der Waals surface area contributed by atoms with Gasteiger partial charge in [0.1, 0.15) is 11.6 Å². The Labute approximate surface area is 148 Å². The lowest BCUT2D eigenvalue weighted by molar-refractivity contribution is -0.127. The number of nitrogens with zero attached hydrogens (tertiary/aromatic N) is 2. The minimum absolute atomic E-state index is 0.00136. The van der Waals surface area contributed by atoms with Crippen LogP contribution in [0, 0.1) is 11.3 Å². The van der Waals surface area contributed by atoms with Crippen molar-refractivity contribution in [3.8, 4) is 6.07 Å². The topological polar surface area (TPSA) is 85.2 Å². The Balaban J connectivity index is 1.76. The highest BCUT2D eigenvalue weighted by molar-refractivity contribution is 5.97. The van der Waals surface area contributed by atoms with Crippen LogP contribution in [0.25, 0.3) is 0 Å². The summed E-state index contributed by atoms with van der Waals surface area (Å²) < 4.78 is 0. The summed E-state index contributed by atoms with van der Waals surface area (Å²) in [7, 11) is 0. The molecule has 1 aromatic rings. The third-order valence-corrected chi connectivity index (χ3v) is 4.20. The van der Waals surface area contributed by atoms with Crippen molar-refractivity contribution in [1.29, 1.82) is 5.26 Å². The summed E-state index contributed by atoms with van der Waals surface area (Å²) in [6.07, 6.45) is 3.68. The van der Waals surface area contributed by atoms with Crippen molar-refractivity contribution in [3.05, 3.63) is 47.7 Å². The second-order valence-electron chi connectivity index (χ2n) is 6.06. The van der Waals surface area contributed by atoms with Gasteiger partial charge in [-0.05, 0) is 25.3 Å². The number of nitrogens with one attached hydrogen (secondary N) is 2. The van der Waals surface area contributed by atoms with E-state index in [-0.39, 0.29) is 17.5 Å². The van der Waals surface area contributed by atoms with Crippen LogP contribution in [0.5, 0.6) is 0 Å². The highest BCUT2D eigenvalue weighted by Gasteiger charge is 2.19. The van der Waals surface area contributed by atoms with Gasteiger partial charge in [-0.15, -0.1) is 0 Å². The fourth-order valence-corrected chi connectivity index (χ4v) is 2.70. The molecule has 0 spiro atoms. The molecule has 1 atom stereocenters. The molecule has 0 aliphatic carbocycles. The molecule has 2 amide bonds. The van der Waals surface area contributed by atoms with Crippen molar-refractivity contribution in [3.63, 3.8) is 0 Å². The number of carbonyl (C=O) groups is 2. The van der Waals surface area contributed by atoms with Crippen molar-refractivity contribution in [2.24, 2.45) is 0 Å². The molecule has 6 nitrogen and oxygen atoms in total. The zero-order valence-corrected chi connectivity index (χ0v) is 14.5. The molecule has 1 unspecified atom stereocenters. The van der Waals surface area contributed by atoms with E-state index in [4.69, 9.17) is 0 Å². The molecular weight excluding hydrogens is 316 g/mol. The van der Waals surface area contributed by atoms with Gasteiger partial charge in [-0.25, -0.2) is 0 Å². The largest absolute Gasteiger partial charge is 0.383 e. The molecule has 2 N–H and O–H groups in total. The van der Waals surface area contributed by atoms with E-state index in [9.17, 15) is 14.9 Å². The molecule has 6 heteroatoms. The molecule has 0 aromatic heterocycles. The molecule has 1 aliphatic rings. The molecule has 2 rings (SSSR count). The fourth-order valence-electron chi connectivity index (χ4n) is 2.70. The Kier molecular flexibility index (Phi) is 7.02. The molecule has 0 radical (unpaired) electrons. The standard InChI is InChI=1S/C19H24N4O2/c1-15(16-7-3-2-4-8-16)22-14-17(13-20)19(25)21-10-6-12-23-11-5-9-18(23)24/h2-4,7-8,14-15,22H,5-6,9-12H2,1H3,(H,21,25)/b17-14-. The van der Waals surface area contributed by atoms with E-state index in [0.717, 1.165) is 18.5 Å². The Hall–Kier alpha value is -2.81. The number of rotatable bonds is 8. The van der Waals surface area contributed by atoms with E-state index in [0.29, 0.717) is 25.9 Å². The van der Waals surface area contributed by atoms with Crippen molar-refractivity contribution in [2.45, 2.75) is 32.2 Å². The molecule has 1 aliphatic heterocycles. The number of carbonyl (C=O) groups excluding carboxylic acids is 2. The highest BCUT2D eigenvalue weighted by atomic mass is 16.2. The summed E-state index contributed by atoms with van der Waals surface area (Å²) in [4.78, 5) is 25.4. The van der Waals surface area contributed by atoms with Crippen molar-refractivity contribution in [1.82, 2.24) is 15.5 Å². The molecule has 1 aromatic carbocycles. The van der Waals surface area contributed by atoms with Crippen molar-refractivity contribution >= 4 is 11.8 Å². The van der Waals surface area contributed by atoms with Crippen LogP contribution >= 0.6 is 0 Å². The van der Waals surface area contributed by atoms with Crippen LogP contribution in [0.2, 0.25) is 0 Å². The maximum atomic E-state index is 12.1. The number of nitriles is 1. The first kappa shape index (κ1) is 18.5. The molecule has 0 bridgehead atoms. The van der Waals surface area contributed by atoms with E-state index in [1.807, 2.05) is 48.2 Å². The van der Waals surface area contributed by atoms with E-state index >= 15 is 0 Å². The highest BCUT2D eigenvalue weighted by Crippen LogP contribution is 2.11. The quantitative estimate of drug-likeness (QED) is 0.430. The van der Waals surface area contributed by atoms with Crippen LogP contribution < -0.4 is 10.6 Å². The van der Waals surface area contributed by atoms with Gasteiger partial charge >= 0.3 is 0 Å². The number of hydrogen-bond donors (Lipinski definition) is 2. The summed E-state index contributed by atoms with van der Waals surface area (Å²) in [5.41, 5.74) is 1.12. The Bertz CT molecular complexity index is 664. The summed E-state index contributed by atoms with van der Waals surface area (Å²) in [6.45, 7) is 3.85.